The number of carbonyl (C=O) groups is 1. The van der Waals surface area contributed by atoms with E-state index in [2.05, 4.69) is 21.2 Å². The van der Waals surface area contributed by atoms with Gasteiger partial charge in [-0.05, 0) is 60.0 Å². The molecule has 1 aromatic heterocycles. The average Bonchev–Trinajstić information content (AvgIpc) is 3.17. The molecule has 2 heterocycles. The van der Waals surface area contributed by atoms with Crippen molar-refractivity contribution in [2.45, 2.75) is 24.7 Å². The molecule has 8 heteroatoms. The summed E-state index contributed by atoms with van der Waals surface area (Å²) in [7, 11) is -3.51. The second-order valence-electron chi connectivity index (χ2n) is 5.66. The van der Waals surface area contributed by atoms with Crippen molar-refractivity contribution in [3.8, 4) is 0 Å². The molecule has 128 valence electrons. The molecule has 1 aromatic carbocycles. The molecule has 0 aliphatic carbocycles. The minimum atomic E-state index is -3.51. The van der Waals surface area contributed by atoms with Gasteiger partial charge in [0.1, 0.15) is 0 Å². The number of aryl methyl sites for hydroxylation is 1. The lowest BCUT2D eigenvalue weighted by atomic mass is 10.2. The number of hydrogen-bond donors (Lipinski definition) is 1. The van der Waals surface area contributed by atoms with E-state index in [1.54, 1.807) is 25.1 Å². The monoisotopic (exact) mass is 412 g/mol. The molecule has 0 atom stereocenters. The zero-order chi connectivity index (χ0) is 17.3. The van der Waals surface area contributed by atoms with Gasteiger partial charge >= 0.3 is 0 Å². The highest BCUT2D eigenvalue weighted by Gasteiger charge is 2.27. The number of hydrogen-bond acceptors (Lipinski definition) is 4. The predicted molar refractivity (Wildman–Crippen MR) is 93.5 cm³/mol. The highest BCUT2D eigenvalue weighted by Crippen LogP contribution is 2.24. The average molecular weight is 413 g/mol. The fourth-order valence-corrected chi connectivity index (χ4v) is 4.74. The van der Waals surface area contributed by atoms with E-state index in [1.807, 2.05) is 0 Å². The highest BCUT2D eigenvalue weighted by molar-refractivity contribution is 9.10. The Kier molecular flexibility index (Phi) is 4.80. The quantitative estimate of drug-likeness (QED) is 0.834. The standard InChI is InChI=1S/C16H17BrN2O4S/c1-11-9-14(17)23-15(11)16(20)18-12-5-4-6-13(10-12)24(21,22)19-7-2-3-8-19/h4-6,9-10H,2-3,7-8H2,1H3,(H,18,20). The van der Waals surface area contributed by atoms with E-state index >= 15 is 0 Å². The Bertz CT molecular complexity index is 870. The van der Waals surface area contributed by atoms with Gasteiger partial charge < -0.3 is 9.73 Å². The summed E-state index contributed by atoms with van der Waals surface area (Å²) in [6.45, 7) is 2.84. The fraction of sp³-hybridized carbons (Fsp3) is 0.312. The van der Waals surface area contributed by atoms with E-state index in [1.165, 1.54) is 16.4 Å². The van der Waals surface area contributed by atoms with Crippen molar-refractivity contribution in [1.29, 1.82) is 0 Å². The summed E-state index contributed by atoms with van der Waals surface area (Å²) in [5.41, 5.74) is 1.10. The molecule has 1 saturated heterocycles. The Labute approximate surface area is 149 Å². The van der Waals surface area contributed by atoms with Crippen LogP contribution in [0.4, 0.5) is 5.69 Å². The molecular formula is C16H17BrN2O4S. The highest BCUT2D eigenvalue weighted by atomic mass is 79.9. The molecule has 1 amide bonds. The fourth-order valence-electron chi connectivity index (χ4n) is 2.67. The predicted octanol–water partition coefficient (Wildman–Crippen LogP) is 3.39. The summed E-state index contributed by atoms with van der Waals surface area (Å²) in [5.74, 6) is -0.233. The third-order valence-corrected chi connectivity index (χ3v) is 6.17. The van der Waals surface area contributed by atoms with Gasteiger partial charge in [-0.1, -0.05) is 6.07 Å². The lowest BCUT2D eigenvalue weighted by Gasteiger charge is -2.16. The molecule has 1 fully saturated rings. The Hall–Kier alpha value is -1.64. The van der Waals surface area contributed by atoms with Gasteiger partial charge in [-0.25, -0.2) is 8.42 Å². The van der Waals surface area contributed by atoms with Gasteiger partial charge in [0.25, 0.3) is 5.91 Å². The molecule has 3 rings (SSSR count). The first-order valence-corrected chi connectivity index (χ1v) is 9.79. The van der Waals surface area contributed by atoms with Gasteiger partial charge in [0.05, 0.1) is 4.90 Å². The van der Waals surface area contributed by atoms with Crippen molar-refractivity contribution >= 4 is 37.5 Å². The molecule has 6 nitrogen and oxygen atoms in total. The third kappa shape index (κ3) is 3.40. The first kappa shape index (κ1) is 17.2. The normalized spacial score (nSPS) is 15.6. The molecule has 0 spiro atoms. The molecule has 0 radical (unpaired) electrons. The molecule has 1 aliphatic rings. The van der Waals surface area contributed by atoms with Crippen LogP contribution in [0.5, 0.6) is 0 Å². The van der Waals surface area contributed by atoms with Crippen molar-refractivity contribution in [2.75, 3.05) is 18.4 Å². The van der Waals surface area contributed by atoms with Gasteiger partial charge in [0.2, 0.25) is 10.0 Å². The van der Waals surface area contributed by atoms with Crippen molar-refractivity contribution in [1.82, 2.24) is 4.31 Å². The van der Waals surface area contributed by atoms with Crippen molar-refractivity contribution in [3.63, 3.8) is 0 Å². The molecule has 24 heavy (non-hydrogen) atoms. The number of benzene rings is 1. The first-order valence-electron chi connectivity index (χ1n) is 7.55. The number of carbonyl (C=O) groups excluding carboxylic acids is 1. The van der Waals surface area contributed by atoms with Gasteiger partial charge in [0.15, 0.2) is 10.4 Å². The number of anilines is 1. The topological polar surface area (TPSA) is 79.6 Å². The largest absolute Gasteiger partial charge is 0.444 e. The summed E-state index contributed by atoms with van der Waals surface area (Å²) in [4.78, 5) is 12.5. The van der Waals surface area contributed by atoms with Gasteiger partial charge in [-0.15, -0.1) is 0 Å². The minimum absolute atomic E-state index is 0.180. The minimum Gasteiger partial charge on any atom is -0.444 e. The number of halogens is 1. The maximum Gasteiger partial charge on any atom is 0.291 e. The lowest BCUT2D eigenvalue weighted by molar-refractivity contribution is 0.0994. The van der Waals surface area contributed by atoms with Crippen LogP contribution in [-0.4, -0.2) is 31.7 Å². The van der Waals surface area contributed by atoms with Crippen LogP contribution < -0.4 is 5.32 Å². The Morgan fingerprint density at radius 3 is 2.58 bits per heavy atom. The molecule has 2 aromatic rings. The van der Waals surface area contributed by atoms with Crippen molar-refractivity contribution < 1.29 is 17.6 Å². The van der Waals surface area contributed by atoms with E-state index in [0.29, 0.717) is 29.0 Å². The maximum absolute atomic E-state index is 12.6. The van der Waals surface area contributed by atoms with Crippen LogP contribution in [0.25, 0.3) is 0 Å². The molecule has 0 unspecified atom stereocenters. The summed E-state index contributed by atoms with van der Waals surface area (Å²) >= 11 is 3.18. The van der Waals surface area contributed by atoms with Crippen LogP contribution in [-0.2, 0) is 10.0 Å². The number of furan rings is 1. The van der Waals surface area contributed by atoms with Crippen LogP contribution in [0, 0.1) is 6.92 Å². The zero-order valence-corrected chi connectivity index (χ0v) is 15.5. The molecule has 1 N–H and O–H groups in total. The molecule has 1 aliphatic heterocycles. The summed E-state index contributed by atoms with van der Waals surface area (Å²) < 4.78 is 32.4. The van der Waals surface area contributed by atoms with Crippen molar-refractivity contribution in [3.05, 3.63) is 46.3 Å². The lowest BCUT2D eigenvalue weighted by Crippen LogP contribution is -2.27. The number of amides is 1. The van der Waals surface area contributed by atoms with Gasteiger partial charge in [-0.2, -0.15) is 4.31 Å². The molecule has 0 saturated carbocycles. The van der Waals surface area contributed by atoms with E-state index in [4.69, 9.17) is 4.42 Å². The van der Waals surface area contributed by atoms with Crippen LogP contribution in [0.2, 0.25) is 0 Å². The SMILES string of the molecule is Cc1cc(Br)oc1C(=O)Nc1cccc(S(=O)(=O)N2CCCC2)c1. The molecule has 0 bridgehead atoms. The Morgan fingerprint density at radius 2 is 1.96 bits per heavy atom. The first-order chi connectivity index (χ1) is 11.4. The van der Waals surface area contributed by atoms with Gasteiger partial charge in [0, 0.05) is 24.3 Å². The summed E-state index contributed by atoms with van der Waals surface area (Å²) in [6.07, 6.45) is 1.75. The number of nitrogens with one attached hydrogen (secondary N) is 1. The summed E-state index contributed by atoms with van der Waals surface area (Å²) in [5, 5.41) is 2.68. The number of rotatable bonds is 4. The smallest absolute Gasteiger partial charge is 0.291 e. The van der Waals surface area contributed by atoms with Crippen molar-refractivity contribution in [2.24, 2.45) is 0 Å². The van der Waals surface area contributed by atoms with Crippen LogP contribution in [0.3, 0.4) is 0 Å². The number of nitrogens with zero attached hydrogens (tertiary/aromatic N) is 1. The third-order valence-electron chi connectivity index (χ3n) is 3.89. The number of sulfonamides is 1. The van der Waals surface area contributed by atoms with E-state index in [-0.39, 0.29) is 10.7 Å². The van der Waals surface area contributed by atoms with E-state index in [0.717, 1.165) is 12.8 Å². The maximum atomic E-state index is 12.6. The van der Waals surface area contributed by atoms with E-state index in [9.17, 15) is 13.2 Å². The summed E-state index contributed by atoms with van der Waals surface area (Å²) in [6, 6.07) is 7.97. The second-order valence-corrected chi connectivity index (χ2v) is 8.38. The second kappa shape index (κ2) is 6.70. The van der Waals surface area contributed by atoms with E-state index < -0.39 is 15.9 Å². The van der Waals surface area contributed by atoms with Crippen LogP contribution >= 0.6 is 15.9 Å². The zero-order valence-electron chi connectivity index (χ0n) is 13.1. The molecular weight excluding hydrogens is 396 g/mol. The van der Waals surface area contributed by atoms with Crippen LogP contribution in [0.15, 0.2) is 44.3 Å². The Balaban J connectivity index is 1.83. The van der Waals surface area contributed by atoms with Gasteiger partial charge in [-0.3, -0.25) is 4.79 Å². The van der Waals surface area contributed by atoms with Crippen LogP contribution in [0.1, 0.15) is 29.0 Å². The Morgan fingerprint density at radius 1 is 1.25 bits per heavy atom.